The predicted molar refractivity (Wildman–Crippen MR) is 49.6 cm³/mol. The molecule has 0 aliphatic rings. The minimum Gasteiger partial charge on any atom is -0.508 e. The number of hydrogen-bond donors (Lipinski definition) is 3. The van der Waals surface area contributed by atoms with Crippen molar-refractivity contribution in [1.82, 2.24) is 0 Å². The molecule has 12 heavy (non-hydrogen) atoms. The second-order valence-electron chi connectivity index (χ2n) is 2.57. The fourth-order valence-corrected chi connectivity index (χ4v) is 0.993. The molecule has 1 aromatic carbocycles. The molecule has 1 rings (SSSR count). The standard InChI is InChI=1S/C9H12N2O/c1-2-8(10)7-4-3-6(12)5-9(7)11/h2-5,8,12H,1,10-11H2/t8-/m1/s1. The summed E-state index contributed by atoms with van der Waals surface area (Å²) < 4.78 is 0. The fourth-order valence-electron chi connectivity index (χ4n) is 0.993. The largest absolute Gasteiger partial charge is 0.508 e. The zero-order valence-electron chi connectivity index (χ0n) is 6.70. The van der Waals surface area contributed by atoms with Gasteiger partial charge in [0, 0.05) is 17.8 Å². The van der Waals surface area contributed by atoms with E-state index in [-0.39, 0.29) is 11.8 Å². The van der Waals surface area contributed by atoms with Gasteiger partial charge >= 0.3 is 0 Å². The number of phenolic OH excluding ortho intramolecular Hbond substituents is 1. The van der Waals surface area contributed by atoms with Crippen LogP contribution in [0.1, 0.15) is 11.6 Å². The van der Waals surface area contributed by atoms with E-state index in [0.717, 1.165) is 5.56 Å². The van der Waals surface area contributed by atoms with Crippen LogP contribution in [0.25, 0.3) is 0 Å². The van der Waals surface area contributed by atoms with Crippen LogP contribution >= 0.6 is 0 Å². The topological polar surface area (TPSA) is 72.3 Å². The van der Waals surface area contributed by atoms with Crippen molar-refractivity contribution in [2.24, 2.45) is 5.73 Å². The third kappa shape index (κ3) is 1.57. The van der Waals surface area contributed by atoms with Gasteiger partial charge < -0.3 is 16.6 Å². The Morgan fingerprint density at radius 2 is 2.17 bits per heavy atom. The normalized spacial score (nSPS) is 12.4. The first kappa shape index (κ1) is 8.62. The summed E-state index contributed by atoms with van der Waals surface area (Å²) in [4.78, 5) is 0. The molecular formula is C9H12N2O. The lowest BCUT2D eigenvalue weighted by Gasteiger charge is -2.09. The molecule has 0 amide bonds. The maximum Gasteiger partial charge on any atom is 0.117 e. The molecule has 3 nitrogen and oxygen atoms in total. The molecule has 0 saturated heterocycles. The van der Waals surface area contributed by atoms with E-state index in [2.05, 4.69) is 6.58 Å². The summed E-state index contributed by atoms with van der Waals surface area (Å²) in [6, 6.07) is 4.44. The predicted octanol–water partition coefficient (Wildman–Crippen LogP) is 1.16. The van der Waals surface area contributed by atoms with E-state index in [9.17, 15) is 0 Å². The average molecular weight is 164 g/mol. The van der Waals surface area contributed by atoms with Crippen LogP contribution in [0.3, 0.4) is 0 Å². The second-order valence-corrected chi connectivity index (χ2v) is 2.57. The SMILES string of the molecule is C=C[C@@H](N)c1ccc(O)cc1N. The molecule has 0 radical (unpaired) electrons. The van der Waals surface area contributed by atoms with Gasteiger partial charge in [-0.05, 0) is 11.6 Å². The van der Waals surface area contributed by atoms with E-state index >= 15 is 0 Å². The van der Waals surface area contributed by atoms with Crippen LogP contribution in [0.15, 0.2) is 30.9 Å². The van der Waals surface area contributed by atoms with Gasteiger partial charge in [0.05, 0.1) is 0 Å². The first-order valence-electron chi connectivity index (χ1n) is 3.61. The van der Waals surface area contributed by atoms with Gasteiger partial charge in [-0.1, -0.05) is 12.1 Å². The van der Waals surface area contributed by atoms with Gasteiger partial charge in [0.25, 0.3) is 0 Å². The molecule has 64 valence electrons. The van der Waals surface area contributed by atoms with Crippen LogP contribution in [-0.4, -0.2) is 5.11 Å². The summed E-state index contributed by atoms with van der Waals surface area (Å²) in [5, 5.41) is 9.05. The molecule has 0 spiro atoms. The average Bonchev–Trinajstić information content (AvgIpc) is 2.03. The second kappa shape index (κ2) is 3.28. The summed E-state index contributed by atoms with van der Waals surface area (Å²) >= 11 is 0. The Kier molecular flexibility index (Phi) is 2.35. The van der Waals surface area contributed by atoms with Crippen LogP contribution in [-0.2, 0) is 0 Å². The summed E-state index contributed by atoms with van der Waals surface area (Å²) in [6.45, 7) is 3.56. The molecule has 0 aromatic heterocycles. The lowest BCUT2D eigenvalue weighted by Crippen LogP contribution is -2.08. The van der Waals surface area contributed by atoms with E-state index in [0.29, 0.717) is 5.69 Å². The highest BCUT2D eigenvalue weighted by atomic mass is 16.3. The van der Waals surface area contributed by atoms with Gasteiger partial charge in [-0.3, -0.25) is 0 Å². The Hall–Kier alpha value is -1.48. The Morgan fingerprint density at radius 3 is 2.67 bits per heavy atom. The Morgan fingerprint density at radius 1 is 1.50 bits per heavy atom. The number of aromatic hydroxyl groups is 1. The highest BCUT2D eigenvalue weighted by Gasteiger charge is 2.05. The van der Waals surface area contributed by atoms with Crippen molar-refractivity contribution in [1.29, 1.82) is 0 Å². The number of nitrogens with two attached hydrogens (primary N) is 2. The quantitative estimate of drug-likeness (QED) is 0.453. The van der Waals surface area contributed by atoms with E-state index in [4.69, 9.17) is 16.6 Å². The monoisotopic (exact) mass is 164 g/mol. The Bertz CT molecular complexity index is 297. The molecule has 3 heteroatoms. The molecule has 5 N–H and O–H groups in total. The molecule has 0 fully saturated rings. The summed E-state index contributed by atoms with van der Waals surface area (Å²) in [5.41, 5.74) is 12.5. The van der Waals surface area contributed by atoms with Crippen molar-refractivity contribution in [3.05, 3.63) is 36.4 Å². The van der Waals surface area contributed by atoms with E-state index in [1.807, 2.05) is 0 Å². The number of rotatable bonds is 2. The highest BCUT2D eigenvalue weighted by molar-refractivity contribution is 5.53. The lowest BCUT2D eigenvalue weighted by atomic mass is 10.1. The number of phenols is 1. The summed E-state index contributed by atoms with van der Waals surface area (Å²) in [7, 11) is 0. The molecule has 1 aromatic rings. The van der Waals surface area contributed by atoms with Crippen LogP contribution in [0.2, 0.25) is 0 Å². The van der Waals surface area contributed by atoms with Crippen LogP contribution in [0.4, 0.5) is 5.69 Å². The highest BCUT2D eigenvalue weighted by Crippen LogP contribution is 2.23. The number of hydrogen-bond acceptors (Lipinski definition) is 3. The molecule has 1 atom stereocenters. The van der Waals surface area contributed by atoms with Gasteiger partial charge in [0.2, 0.25) is 0 Å². The number of anilines is 1. The molecule has 0 bridgehead atoms. The van der Waals surface area contributed by atoms with Crippen molar-refractivity contribution in [3.8, 4) is 5.75 Å². The third-order valence-corrected chi connectivity index (χ3v) is 1.68. The molecule has 0 aliphatic heterocycles. The number of benzene rings is 1. The minimum absolute atomic E-state index is 0.146. The van der Waals surface area contributed by atoms with Gasteiger partial charge in [0.1, 0.15) is 5.75 Å². The van der Waals surface area contributed by atoms with Crippen molar-refractivity contribution < 1.29 is 5.11 Å². The molecule has 0 heterocycles. The van der Waals surface area contributed by atoms with E-state index in [1.165, 1.54) is 6.07 Å². The Balaban J connectivity index is 3.09. The molecule has 0 saturated carbocycles. The molecule has 0 aliphatic carbocycles. The van der Waals surface area contributed by atoms with Gasteiger partial charge in [0.15, 0.2) is 0 Å². The van der Waals surface area contributed by atoms with E-state index < -0.39 is 0 Å². The minimum atomic E-state index is -0.273. The summed E-state index contributed by atoms with van der Waals surface area (Å²) in [5.74, 6) is 0.146. The zero-order valence-corrected chi connectivity index (χ0v) is 6.70. The zero-order chi connectivity index (χ0) is 9.14. The number of nitrogen functional groups attached to an aromatic ring is 1. The van der Waals surface area contributed by atoms with Crippen molar-refractivity contribution in [2.45, 2.75) is 6.04 Å². The lowest BCUT2D eigenvalue weighted by molar-refractivity contribution is 0.475. The van der Waals surface area contributed by atoms with Gasteiger partial charge in [-0.15, -0.1) is 6.58 Å². The van der Waals surface area contributed by atoms with Crippen molar-refractivity contribution >= 4 is 5.69 Å². The summed E-state index contributed by atoms with van der Waals surface area (Å²) in [6.07, 6.45) is 1.60. The smallest absolute Gasteiger partial charge is 0.117 e. The van der Waals surface area contributed by atoms with Crippen molar-refractivity contribution in [2.75, 3.05) is 5.73 Å². The first-order chi connectivity index (χ1) is 5.65. The maximum atomic E-state index is 9.05. The maximum absolute atomic E-state index is 9.05. The van der Waals surface area contributed by atoms with Crippen molar-refractivity contribution in [3.63, 3.8) is 0 Å². The van der Waals surface area contributed by atoms with Crippen LogP contribution < -0.4 is 11.5 Å². The Labute approximate surface area is 71.3 Å². The van der Waals surface area contributed by atoms with E-state index in [1.54, 1.807) is 18.2 Å². The van der Waals surface area contributed by atoms with Gasteiger partial charge in [-0.25, -0.2) is 0 Å². The molecular weight excluding hydrogens is 152 g/mol. The fraction of sp³-hybridized carbons (Fsp3) is 0.111. The van der Waals surface area contributed by atoms with Gasteiger partial charge in [-0.2, -0.15) is 0 Å². The van der Waals surface area contributed by atoms with Crippen LogP contribution in [0, 0.1) is 0 Å². The van der Waals surface area contributed by atoms with Crippen LogP contribution in [0.5, 0.6) is 5.75 Å². The first-order valence-corrected chi connectivity index (χ1v) is 3.61. The third-order valence-electron chi connectivity index (χ3n) is 1.68. The molecule has 0 unspecified atom stereocenters.